The molecule has 0 saturated carbocycles. The summed E-state index contributed by atoms with van der Waals surface area (Å²) in [4.78, 5) is 23.0. The van der Waals surface area contributed by atoms with Crippen LogP contribution in [0, 0.1) is 0 Å². The predicted molar refractivity (Wildman–Crippen MR) is 92.8 cm³/mol. The van der Waals surface area contributed by atoms with E-state index >= 15 is 0 Å². The minimum Gasteiger partial charge on any atom is -0.473 e. The second-order valence-electron chi connectivity index (χ2n) is 6.49. The maximum atomic E-state index is 12.5. The Labute approximate surface area is 144 Å². The second-order valence-corrected chi connectivity index (χ2v) is 6.49. The molecular formula is C19H17N3O3. The number of aromatic nitrogens is 2. The third-order valence-electron chi connectivity index (χ3n) is 5.01. The number of fused-ring (bicyclic) bond motifs is 5. The summed E-state index contributed by atoms with van der Waals surface area (Å²) in [6, 6.07) is 5.79. The first-order valence-corrected chi connectivity index (χ1v) is 8.56. The predicted octanol–water partition coefficient (Wildman–Crippen LogP) is 2.82. The molecule has 6 heteroatoms. The average Bonchev–Trinajstić information content (AvgIpc) is 2.68. The van der Waals surface area contributed by atoms with Crippen LogP contribution >= 0.6 is 0 Å². The van der Waals surface area contributed by atoms with Gasteiger partial charge in [0, 0.05) is 23.3 Å². The third-order valence-corrected chi connectivity index (χ3v) is 5.01. The Morgan fingerprint density at radius 3 is 2.64 bits per heavy atom. The molecule has 2 aliphatic rings. The summed E-state index contributed by atoms with van der Waals surface area (Å²) in [5.41, 5.74) is 3.32. The lowest BCUT2D eigenvalue weighted by Crippen LogP contribution is -2.33. The van der Waals surface area contributed by atoms with Gasteiger partial charge in [-0.05, 0) is 49.4 Å². The van der Waals surface area contributed by atoms with Crippen molar-refractivity contribution in [3.63, 3.8) is 0 Å². The van der Waals surface area contributed by atoms with Gasteiger partial charge in [-0.1, -0.05) is 0 Å². The van der Waals surface area contributed by atoms with Crippen LogP contribution in [-0.4, -0.2) is 16.7 Å². The van der Waals surface area contributed by atoms with Crippen LogP contribution in [0.3, 0.4) is 0 Å². The van der Waals surface area contributed by atoms with Gasteiger partial charge in [0.2, 0.25) is 5.95 Å². The van der Waals surface area contributed by atoms with Gasteiger partial charge in [0.1, 0.15) is 11.3 Å². The van der Waals surface area contributed by atoms with Gasteiger partial charge in [-0.25, -0.2) is 14.8 Å². The highest BCUT2D eigenvalue weighted by Crippen LogP contribution is 2.36. The summed E-state index contributed by atoms with van der Waals surface area (Å²) >= 11 is 0. The molecule has 25 heavy (non-hydrogen) atoms. The molecule has 0 spiro atoms. The van der Waals surface area contributed by atoms with E-state index in [1.165, 1.54) is 0 Å². The highest BCUT2D eigenvalue weighted by Gasteiger charge is 2.26. The van der Waals surface area contributed by atoms with Crippen LogP contribution in [0.15, 0.2) is 39.8 Å². The quantitative estimate of drug-likeness (QED) is 0.637. The summed E-state index contributed by atoms with van der Waals surface area (Å²) in [5.74, 6) is 1.36. The zero-order chi connectivity index (χ0) is 16.8. The number of hydrogen-bond acceptors (Lipinski definition) is 6. The van der Waals surface area contributed by atoms with Crippen molar-refractivity contribution in [2.24, 2.45) is 0 Å². The van der Waals surface area contributed by atoms with E-state index in [0.717, 1.165) is 53.5 Å². The Morgan fingerprint density at radius 2 is 1.80 bits per heavy atom. The molecule has 0 N–H and O–H groups in total. The molecule has 126 valence electrons. The van der Waals surface area contributed by atoms with Crippen LogP contribution in [0.2, 0.25) is 0 Å². The van der Waals surface area contributed by atoms with Gasteiger partial charge in [-0.15, -0.1) is 0 Å². The first-order chi connectivity index (χ1) is 12.3. The van der Waals surface area contributed by atoms with Gasteiger partial charge >= 0.3 is 5.63 Å². The molecule has 3 heterocycles. The van der Waals surface area contributed by atoms with Crippen molar-refractivity contribution in [1.29, 1.82) is 0 Å². The third kappa shape index (κ3) is 2.28. The van der Waals surface area contributed by atoms with Crippen LogP contribution in [0.5, 0.6) is 5.75 Å². The molecule has 1 aliphatic heterocycles. The van der Waals surface area contributed by atoms with Crippen molar-refractivity contribution in [2.75, 3.05) is 11.6 Å². The monoisotopic (exact) mass is 335 g/mol. The summed E-state index contributed by atoms with van der Waals surface area (Å²) in [7, 11) is 0. The van der Waals surface area contributed by atoms with Crippen molar-refractivity contribution in [3.8, 4) is 5.75 Å². The lowest BCUT2D eigenvalue weighted by molar-refractivity contribution is 0.286. The summed E-state index contributed by atoms with van der Waals surface area (Å²) in [5, 5.41) is 1.03. The topological polar surface area (TPSA) is 68.5 Å². The molecule has 5 rings (SSSR count). The summed E-state index contributed by atoms with van der Waals surface area (Å²) in [6.45, 7) is 0.927. The minimum absolute atomic E-state index is 0.205. The number of aryl methyl sites for hydroxylation is 1. The van der Waals surface area contributed by atoms with Gasteiger partial charge in [0.15, 0.2) is 6.73 Å². The molecule has 0 amide bonds. The first-order valence-electron chi connectivity index (χ1n) is 8.56. The number of ether oxygens (including phenoxy) is 1. The van der Waals surface area contributed by atoms with Crippen LogP contribution < -0.4 is 15.3 Å². The van der Waals surface area contributed by atoms with Crippen molar-refractivity contribution in [1.82, 2.24) is 9.97 Å². The van der Waals surface area contributed by atoms with E-state index in [-0.39, 0.29) is 5.63 Å². The van der Waals surface area contributed by atoms with Crippen LogP contribution in [-0.2, 0) is 19.4 Å². The lowest BCUT2D eigenvalue weighted by atomic mass is 9.90. The van der Waals surface area contributed by atoms with Gasteiger partial charge in [-0.3, -0.25) is 0 Å². The molecule has 0 atom stereocenters. The van der Waals surface area contributed by atoms with Crippen LogP contribution in [0.25, 0.3) is 11.0 Å². The molecule has 6 nitrogen and oxygen atoms in total. The van der Waals surface area contributed by atoms with E-state index in [1.54, 1.807) is 18.5 Å². The number of anilines is 1. The molecule has 1 aliphatic carbocycles. The molecule has 1 aromatic carbocycles. The van der Waals surface area contributed by atoms with Gasteiger partial charge in [0.25, 0.3) is 0 Å². The van der Waals surface area contributed by atoms with Crippen LogP contribution in [0.1, 0.15) is 29.5 Å². The number of nitrogens with zero attached hydrogens (tertiary/aromatic N) is 3. The lowest BCUT2D eigenvalue weighted by Gasteiger charge is -2.29. The highest BCUT2D eigenvalue weighted by atomic mass is 16.5. The molecule has 0 saturated heterocycles. The fourth-order valence-corrected chi connectivity index (χ4v) is 3.80. The van der Waals surface area contributed by atoms with E-state index < -0.39 is 0 Å². The average molecular weight is 335 g/mol. The molecule has 0 fully saturated rings. The number of benzene rings is 1. The Hall–Kier alpha value is -2.89. The molecular weight excluding hydrogens is 318 g/mol. The SMILES string of the molecule is O=c1oc2c3c(ccc2c2c1CCCC2)OCN(c1ncccn1)C3. The van der Waals surface area contributed by atoms with E-state index in [4.69, 9.17) is 9.15 Å². The fourth-order valence-electron chi connectivity index (χ4n) is 3.80. The van der Waals surface area contributed by atoms with E-state index in [1.807, 2.05) is 17.0 Å². The summed E-state index contributed by atoms with van der Waals surface area (Å²) < 4.78 is 11.6. The second kappa shape index (κ2) is 5.58. The van der Waals surface area contributed by atoms with Crippen molar-refractivity contribution in [3.05, 3.63) is 57.7 Å². The molecule has 0 radical (unpaired) electrons. The van der Waals surface area contributed by atoms with E-state index in [9.17, 15) is 4.79 Å². The van der Waals surface area contributed by atoms with Gasteiger partial charge in [0.05, 0.1) is 12.1 Å². The Balaban J connectivity index is 1.67. The van der Waals surface area contributed by atoms with E-state index in [0.29, 0.717) is 24.8 Å². The van der Waals surface area contributed by atoms with Crippen molar-refractivity contribution >= 4 is 16.9 Å². The maximum Gasteiger partial charge on any atom is 0.339 e. The first kappa shape index (κ1) is 14.5. The molecule has 3 aromatic rings. The fraction of sp³-hybridized carbons (Fsp3) is 0.316. The van der Waals surface area contributed by atoms with Gasteiger partial charge in [-0.2, -0.15) is 0 Å². The van der Waals surface area contributed by atoms with Gasteiger partial charge < -0.3 is 14.1 Å². The maximum absolute atomic E-state index is 12.5. The standard InChI is InChI=1S/C19H17N3O3/c23-18-14-5-2-1-4-12(14)13-6-7-16-15(17(13)25-18)10-22(11-24-16)19-20-8-3-9-21-19/h3,6-9H,1-2,4-5,10-11H2. The Morgan fingerprint density at radius 1 is 1.00 bits per heavy atom. The Kier molecular flexibility index (Phi) is 3.23. The number of hydrogen-bond donors (Lipinski definition) is 0. The highest BCUT2D eigenvalue weighted by molar-refractivity contribution is 5.86. The normalized spacial score (nSPS) is 16.2. The molecule has 0 bridgehead atoms. The largest absolute Gasteiger partial charge is 0.473 e. The molecule has 2 aromatic heterocycles. The zero-order valence-corrected chi connectivity index (χ0v) is 13.7. The zero-order valence-electron chi connectivity index (χ0n) is 13.7. The minimum atomic E-state index is -0.205. The van der Waals surface area contributed by atoms with E-state index in [2.05, 4.69) is 9.97 Å². The number of rotatable bonds is 1. The van der Waals surface area contributed by atoms with Crippen LogP contribution in [0.4, 0.5) is 5.95 Å². The Bertz CT molecular complexity index is 1010. The van der Waals surface area contributed by atoms with Crippen molar-refractivity contribution < 1.29 is 9.15 Å². The van der Waals surface area contributed by atoms with Crippen molar-refractivity contribution in [2.45, 2.75) is 32.2 Å². The smallest absolute Gasteiger partial charge is 0.339 e. The summed E-state index contributed by atoms with van der Waals surface area (Å²) in [6.07, 6.45) is 7.32. The molecule has 0 unspecified atom stereocenters.